The smallest absolute Gasteiger partial charge is 0.145 e. The summed E-state index contributed by atoms with van der Waals surface area (Å²) in [4.78, 5) is 2.18. The number of hydrogen-bond donors (Lipinski definition) is 1. The molecular weight excluding hydrogens is 262 g/mol. The SMILES string of the molecule is Cc1nn(C)c(N(Cc2ccc(N)cc2)C(C)C)c1C#N. The van der Waals surface area contributed by atoms with E-state index in [4.69, 9.17) is 5.73 Å². The van der Waals surface area contributed by atoms with E-state index in [-0.39, 0.29) is 6.04 Å². The molecule has 0 bridgehead atoms. The van der Waals surface area contributed by atoms with Gasteiger partial charge < -0.3 is 10.6 Å². The number of nitrogen functional groups attached to an aromatic ring is 1. The predicted octanol–water partition coefficient (Wildman–Crippen LogP) is 2.60. The van der Waals surface area contributed by atoms with Gasteiger partial charge in [0, 0.05) is 25.3 Å². The topological polar surface area (TPSA) is 70.9 Å². The first-order chi connectivity index (χ1) is 9.93. The highest BCUT2D eigenvalue weighted by Crippen LogP contribution is 2.26. The van der Waals surface area contributed by atoms with E-state index in [1.807, 2.05) is 38.2 Å². The van der Waals surface area contributed by atoms with Gasteiger partial charge in [-0.3, -0.25) is 4.68 Å². The Labute approximate surface area is 125 Å². The van der Waals surface area contributed by atoms with E-state index in [0.29, 0.717) is 12.1 Å². The van der Waals surface area contributed by atoms with Crippen molar-refractivity contribution in [2.24, 2.45) is 7.05 Å². The van der Waals surface area contributed by atoms with E-state index < -0.39 is 0 Å². The number of hydrogen-bond acceptors (Lipinski definition) is 4. The summed E-state index contributed by atoms with van der Waals surface area (Å²) >= 11 is 0. The van der Waals surface area contributed by atoms with Gasteiger partial charge in [-0.05, 0) is 38.5 Å². The van der Waals surface area contributed by atoms with Gasteiger partial charge in [-0.2, -0.15) is 10.4 Å². The molecule has 5 heteroatoms. The molecule has 1 heterocycles. The molecule has 0 atom stereocenters. The highest BCUT2D eigenvalue weighted by atomic mass is 15.4. The fraction of sp³-hybridized carbons (Fsp3) is 0.375. The van der Waals surface area contributed by atoms with Crippen LogP contribution in [0.1, 0.15) is 30.7 Å². The molecule has 0 aliphatic rings. The summed E-state index contributed by atoms with van der Waals surface area (Å²) in [5.74, 6) is 0.863. The number of nitriles is 1. The lowest BCUT2D eigenvalue weighted by Crippen LogP contribution is -2.32. The van der Waals surface area contributed by atoms with E-state index in [1.54, 1.807) is 4.68 Å². The van der Waals surface area contributed by atoms with Crippen LogP contribution in [-0.4, -0.2) is 15.8 Å². The summed E-state index contributed by atoms with van der Waals surface area (Å²) in [7, 11) is 1.88. The van der Waals surface area contributed by atoms with Gasteiger partial charge in [-0.15, -0.1) is 0 Å². The molecule has 1 aromatic carbocycles. The lowest BCUT2D eigenvalue weighted by molar-refractivity contribution is 0.633. The standard InChI is InChI=1S/C16H21N5/c1-11(2)21(10-13-5-7-14(18)8-6-13)16-15(9-17)12(3)19-20(16)4/h5-8,11H,10,18H2,1-4H3. The number of anilines is 2. The molecular formula is C16H21N5. The molecule has 0 aliphatic carbocycles. The maximum absolute atomic E-state index is 9.40. The summed E-state index contributed by atoms with van der Waals surface area (Å²) in [6.07, 6.45) is 0. The minimum absolute atomic E-state index is 0.254. The van der Waals surface area contributed by atoms with E-state index in [2.05, 4.69) is 29.9 Å². The summed E-state index contributed by atoms with van der Waals surface area (Å²) in [6.45, 7) is 6.80. The Morgan fingerprint density at radius 3 is 2.48 bits per heavy atom. The summed E-state index contributed by atoms with van der Waals surface area (Å²) in [6, 6.07) is 10.3. The molecule has 0 saturated carbocycles. The van der Waals surface area contributed by atoms with Crippen LogP contribution in [0.3, 0.4) is 0 Å². The van der Waals surface area contributed by atoms with Crippen molar-refractivity contribution >= 4 is 11.5 Å². The van der Waals surface area contributed by atoms with Crippen LogP contribution in [0, 0.1) is 18.3 Å². The van der Waals surface area contributed by atoms with Gasteiger partial charge in [0.25, 0.3) is 0 Å². The molecule has 0 aliphatic heterocycles. The Hall–Kier alpha value is -2.48. The third kappa shape index (κ3) is 3.00. The zero-order chi connectivity index (χ0) is 15.6. The normalized spacial score (nSPS) is 10.7. The molecule has 21 heavy (non-hydrogen) atoms. The van der Waals surface area contributed by atoms with E-state index in [9.17, 15) is 5.26 Å². The third-order valence-electron chi connectivity index (χ3n) is 3.53. The van der Waals surface area contributed by atoms with Gasteiger partial charge in [0.05, 0.1) is 5.69 Å². The Morgan fingerprint density at radius 2 is 1.95 bits per heavy atom. The van der Waals surface area contributed by atoms with E-state index >= 15 is 0 Å². The lowest BCUT2D eigenvalue weighted by Gasteiger charge is -2.29. The average molecular weight is 283 g/mol. The quantitative estimate of drug-likeness (QED) is 0.875. The number of rotatable bonds is 4. The van der Waals surface area contributed by atoms with Crippen LogP contribution in [0.5, 0.6) is 0 Å². The first-order valence-corrected chi connectivity index (χ1v) is 6.98. The van der Waals surface area contributed by atoms with Crippen LogP contribution in [0.2, 0.25) is 0 Å². The zero-order valence-corrected chi connectivity index (χ0v) is 13.0. The summed E-state index contributed by atoms with van der Waals surface area (Å²) < 4.78 is 1.78. The molecule has 2 N–H and O–H groups in total. The molecule has 2 rings (SSSR count). The number of aryl methyl sites for hydroxylation is 2. The number of aromatic nitrogens is 2. The van der Waals surface area contributed by atoms with Crippen molar-refractivity contribution < 1.29 is 0 Å². The molecule has 0 amide bonds. The maximum atomic E-state index is 9.40. The van der Waals surface area contributed by atoms with Gasteiger partial charge in [0.15, 0.2) is 0 Å². The van der Waals surface area contributed by atoms with Crippen molar-refractivity contribution in [2.45, 2.75) is 33.4 Å². The van der Waals surface area contributed by atoms with Crippen LogP contribution in [0.4, 0.5) is 11.5 Å². The van der Waals surface area contributed by atoms with E-state index in [0.717, 1.165) is 22.8 Å². The van der Waals surface area contributed by atoms with Gasteiger partial charge in [-0.25, -0.2) is 0 Å². The van der Waals surface area contributed by atoms with Crippen molar-refractivity contribution in [1.29, 1.82) is 5.26 Å². The van der Waals surface area contributed by atoms with Crippen molar-refractivity contribution in [3.05, 3.63) is 41.1 Å². The fourth-order valence-corrected chi connectivity index (χ4v) is 2.43. The van der Waals surface area contributed by atoms with Crippen molar-refractivity contribution in [1.82, 2.24) is 9.78 Å². The van der Waals surface area contributed by atoms with Crippen LogP contribution in [-0.2, 0) is 13.6 Å². The second-order valence-electron chi connectivity index (χ2n) is 5.48. The molecule has 0 fully saturated rings. The van der Waals surface area contributed by atoms with Gasteiger partial charge in [-0.1, -0.05) is 12.1 Å². The minimum Gasteiger partial charge on any atom is -0.399 e. The lowest BCUT2D eigenvalue weighted by atomic mass is 10.1. The Balaban J connectivity index is 2.41. The molecule has 2 aromatic rings. The molecule has 5 nitrogen and oxygen atoms in total. The number of benzene rings is 1. The van der Waals surface area contributed by atoms with Crippen molar-refractivity contribution in [2.75, 3.05) is 10.6 Å². The summed E-state index contributed by atoms with van der Waals surface area (Å²) in [5, 5.41) is 13.8. The number of nitrogens with two attached hydrogens (primary N) is 1. The Kier molecular flexibility index (Phi) is 4.18. The van der Waals surface area contributed by atoms with Crippen LogP contribution in [0.25, 0.3) is 0 Å². The largest absolute Gasteiger partial charge is 0.399 e. The first kappa shape index (κ1) is 14.9. The molecule has 0 unspecified atom stereocenters. The molecule has 0 saturated heterocycles. The predicted molar refractivity (Wildman–Crippen MR) is 84.8 cm³/mol. The zero-order valence-electron chi connectivity index (χ0n) is 13.0. The van der Waals surface area contributed by atoms with Gasteiger partial charge in [0.1, 0.15) is 17.5 Å². The van der Waals surface area contributed by atoms with Crippen molar-refractivity contribution in [3.8, 4) is 6.07 Å². The molecule has 0 radical (unpaired) electrons. The average Bonchev–Trinajstić information content (AvgIpc) is 2.71. The summed E-state index contributed by atoms with van der Waals surface area (Å²) in [5.41, 5.74) is 9.04. The minimum atomic E-state index is 0.254. The second-order valence-corrected chi connectivity index (χ2v) is 5.48. The van der Waals surface area contributed by atoms with Crippen LogP contribution >= 0.6 is 0 Å². The Morgan fingerprint density at radius 1 is 1.33 bits per heavy atom. The Bertz CT molecular complexity index is 661. The van der Waals surface area contributed by atoms with Gasteiger partial charge >= 0.3 is 0 Å². The monoisotopic (exact) mass is 283 g/mol. The molecule has 1 aromatic heterocycles. The highest BCUT2D eigenvalue weighted by molar-refractivity contribution is 5.57. The number of nitrogens with zero attached hydrogens (tertiary/aromatic N) is 4. The molecule has 110 valence electrons. The maximum Gasteiger partial charge on any atom is 0.145 e. The molecule has 0 spiro atoms. The third-order valence-corrected chi connectivity index (χ3v) is 3.53. The first-order valence-electron chi connectivity index (χ1n) is 6.98. The highest BCUT2D eigenvalue weighted by Gasteiger charge is 2.21. The fourth-order valence-electron chi connectivity index (χ4n) is 2.43. The van der Waals surface area contributed by atoms with Crippen LogP contribution in [0.15, 0.2) is 24.3 Å². The van der Waals surface area contributed by atoms with Gasteiger partial charge in [0.2, 0.25) is 0 Å². The van der Waals surface area contributed by atoms with Crippen molar-refractivity contribution in [3.63, 3.8) is 0 Å². The van der Waals surface area contributed by atoms with Crippen LogP contribution < -0.4 is 10.6 Å². The second kappa shape index (κ2) is 5.88. The van der Waals surface area contributed by atoms with E-state index in [1.165, 1.54) is 0 Å².